The number of nitrogens with one attached hydrogen (secondary N) is 1. The number of aryl methyl sites for hydroxylation is 1. The van der Waals surface area contributed by atoms with Crippen molar-refractivity contribution in [3.63, 3.8) is 0 Å². The Morgan fingerprint density at radius 2 is 1.84 bits per heavy atom. The fourth-order valence-electron chi connectivity index (χ4n) is 1.70. The van der Waals surface area contributed by atoms with Crippen LogP contribution in [-0.4, -0.2) is 15.0 Å². The van der Waals surface area contributed by atoms with E-state index in [-0.39, 0.29) is 18.1 Å². The number of carbonyl (C=O) groups excluding carboxylic acids is 1. The summed E-state index contributed by atoms with van der Waals surface area (Å²) in [5.74, 6) is -0.252. The van der Waals surface area contributed by atoms with E-state index in [1.54, 1.807) is 36.7 Å². The maximum absolute atomic E-state index is 11.8. The standard InChI is InChI=1S/C13H14ClN3O2/c1-2-16-7-8-17(13(16)19)9-12(18)15-11-5-3-10(14)4-6-11/h3-8H,2,9H2,1H3,(H,15,18). The van der Waals surface area contributed by atoms with Crippen LogP contribution in [0.5, 0.6) is 0 Å². The predicted molar refractivity (Wildman–Crippen MR) is 74.4 cm³/mol. The lowest BCUT2D eigenvalue weighted by atomic mass is 10.3. The molecule has 1 heterocycles. The predicted octanol–water partition coefficient (Wildman–Crippen LogP) is 1.96. The van der Waals surface area contributed by atoms with Crippen molar-refractivity contribution in [2.45, 2.75) is 20.0 Å². The zero-order chi connectivity index (χ0) is 13.8. The Morgan fingerprint density at radius 3 is 2.42 bits per heavy atom. The third-order valence-electron chi connectivity index (χ3n) is 2.70. The monoisotopic (exact) mass is 279 g/mol. The van der Waals surface area contributed by atoms with Crippen molar-refractivity contribution >= 4 is 23.2 Å². The van der Waals surface area contributed by atoms with Crippen LogP contribution < -0.4 is 11.0 Å². The van der Waals surface area contributed by atoms with Gasteiger partial charge >= 0.3 is 5.69 Å². The molecule has 2 aromatic rings. The number of aromatic nitrogens is 2. The Hall–Kier alpha value is -2.01. The molecule has 0 aliphatic carbocycles. The van der Waals surface area contributed by atoms with E-state index in [1.807, 2.05) is 6.92 Å². The van der Waals surface area contributed by atoms with E-state index in [2.05, 4.69) is 5.32 Å². The molecule has 1 aromatic carbocycles. The van der Waals surface area contributed by atoms with E-state index in [1.165, 1.54) is 9.13 Å². The van der Waals surface area contributed by atoms with Crippen LogP contribution in [0, 0.1) is 0 Å². The molecule has 0 saturated heterocycles. The first-order valence-corrected chi connectivity index (χ1v) is 6.29. The van der Waals surface area contributed by atoms with Crippen LogP contribution in [-0.2, 0) is 17.9 Å². The molecule has 100 valence electrons. The second kappa shape index (κ2) is 5.75. The Bertz CT molecular complexity index is 628. The smallest absolute Gasteiger partial charge is 0.325 e. The van der Waals surface area contributed by atoms with Crippen molar-refractivity contribution in [2.24, 2.45) is 0 Å². The van der Waals surface area contributed by atoms with Gasteiger partial charge < -0.3 is 5.32 Å². The van der Waals surface area contributed by atoms with Crippen molar-refractivity contribution in [2.75, 3.05) is 5.32 Å². The molecule has 19 heavy (non-hydrogen) atoms. The van der Waals surface area contributed by atoms with Gasteiger partial charge in [0.2, 0.25) is 5.91 Å². The van der Waals surface area contributed by atoms with Crippen LogP contribution in [0.1, 0.15) is 6.92 Å². The Kier molecular flexibility index (Phi) is 4.06. The second-order valence-electron chi connectivity index (χ2n) is 4.05. The lowest BCUT2D eigenvalue weighted by Crippen LogP contribution is -2.28. The summed E-state index contributed by atoms with van der Waals surface area (Å²) in [5, 5.41) is 3.31. The maximum atomic E-state index is 11.8. The average Bonchev–Trinajstić information content (AvgIpc) is 2.73. The van der Waals surface area contributed by atoms with E-state index in [4.69, 9.17) is 11.6 Å². The Labute approximate surface area is 115 Å². The molecule has 0 unspecified atom stereocenters. The third kappa shape index (κ3) is 3.26. The number of nitrogens with zero attached hydrogens (tertiary/aromatic N) is 2. The van der Waals surface area contributed by atoms with Gasteiger partial charge in [0.1, 0.15) is 6.54 Å². The fourth-order valence-corrected chi connectivity index (χ4v) is 1.83. The van der Waals surface area contributed by atoms with E-state index < -0.39 is 0 Å². The lowest BCUT2D eigenvalue weighted by molar-refractivity contribution is -0.116. The first-order chi connectivity index (χ1) is 9.10. The molecule has 0 radical (unpaired) electrons. The van der Waals surface area contributed by atoms with Crippen LogP contribution in [0.4, 0.5) is 5.69 Å². The molecule has 0 bridgehead atoms. The van der Waals surface area contributed by atoms with Crippen molar-refractivity contribution in [3.05, 3.63) is 52.2 Å². The normalized spacial score (nSPS) is 10.4. The number of anilines is 1. The summed E-state index contributed by atoms with van der Waals surface area (Å²) in [7, 11) is 0. The molecule has 0 aliphatic rings. The first-order valence-electron chi connectivity index (χ1n) is 5.91. The minimum Gasteiger partial charge on any atom is -0.325 e. The SMILES string of the molecule is CCn1ccn(CC(=O)Nc2ccc(Cl)cc2)c1=O. The third-order valence-corrected chi connectivity index (χ3v) is 2.95. The number of hydrogen-bond acceptors (Lipinski definition) is 2. The molecule has 1 N–H and O–H groups in total. The highest BCUT2D eigenvalue weighted by Crippen LogP contribution is 2.13. The minimum absolute atomic E-state index is 0.00550. The molecule has 0 fully saturated rings. The van der Waals surface area contributed by atoms with Crippen molar-refractivity contribution in [3.8, 4) is 0 Å². The average molecular weight is 280 g/mol. The van der Waals surface area contributed by atoms with Gasteiger partial charge in [0, 0.05) is 29.6 Å². The molecule has 5 nitrogen and oxygen atoms in total. The number of amides is 1. The van der Waals surface area contributed by atoms with Gasteiger partial charge in [0.25, 0.3) is 0 Å². The fraction of sp³-hybridized carbons (Fsp3) is 0.231. The second-order valence-corrected chi connectivity index (χ2v) is 4.49. The first kappa shape index (κ1) is 13.4. The van der Waals surface area contributed by atoms with Crippen molar-refractivity contribution in [1.29, 1.82) is 0 Å². The molecular weight excluding hydrogens is 266 g/mol. The van der Waals surface area contributed by atoms with Gasteiger partial charge in [0.05, 0.1) is 0 Å². The van der Waals surface area contributed by atoms with Gasteiger partial charge in [-0.05, 0) is 31.2 Å². The number of imidazole rings is 1. The molecule has 1 amide bonds. The Morgan fingerprint density at radius 1 is 1.21 bits per heavy atom. The summed E-state index contributed by atoms with van der Waals surface area (Å²) in [6, 6.07) is 6.80. The van der Waals surface area contributed by atoms with Crippen LogP contribution in [0.15, 0.2) is 41.5 Å². The summed E-state index contributed by atoms with van der Waals surface area (Å²) in [4.78, 5) is 23.6. The van der Waals surface area contributed by atoms with Gasteiger partial charge in [-0.1, -0.05) is 11.6 Å². The number of halogens is 1. The van der Waals surface area contributed by atoms with Gasteiger partial charge in [-0.15, -0.1) is 0 Å². The van der Waals surface area contributed by atoms with Crippen LogP contribution >= 0.6 is 11.6 Å². The topological polar surface area (TPSA) is 56.0 Å². The van der Waals surface area contributed by atoms with Gasteiger partial charge in [-0.25, -0.2) is 4.79 Å². The van der Waals surface area contributed by atoms with Crippen LogP contribution in [0.25, 0.3) is 0 Å². The van der Waals surface area contributed by atoms with Crippen molar-refractivity contribution < 1.29 is 4.79 Å². The summed E-state index contributed by atoms with van der Waals surface area (Å²) < 4.78 is 2.91. The van der Waals surface area contributed by atoms with E-state index in [0.29, 0.717) is 17.3 Å². The molecule has 0 aliphatic heterocycles. The number of benzene rings is 1. The van der Waals surface area contributed by atoms with Crippen LogP contribution in [0.2, 0.25) is 5.02 Å². The summed E-state index contributed by atoms with van der Waals surface area (Å²) in [6.45, 7) is 2.46. The van der Waals surface area contributed by atoms with Gasteiger partial charge in [-0.3, -0.25) is 13.9 Å². The molecule has 0 atom stereocenters. The summed E-state index contributed by atoms with van der Waals surface area (Å²) in [5.41, 5.74) is 0.464. The summed E-state index contributed by atoms with van der Waals surface area (Å²) in [6.07, 6.45) is 3.27. The maximum Gasteiger partial charge on any atom is 0.328 e. The molecule has 6 heteroatoms. The lowest BCUT2D eigenvalue weighted by Gasteiger charge is -2.05. The largest absolute Gasteiger partial charge is 0.328 e. The molecular formula is C13H14ClN3O2. The zero-order valence-electron chi connectivity index (χ0n) is 10.5. The van der Waals surface area contributed by atoms with Crippen molar-refractivity contribution in [1.82, 2.24) is 9.13 Å². The highest BCUT2D eigenvalue weighted by atomic mass is 35.5. The molecule has 2 rings (SSSR count). The minimum atomic E-state index is -0.252. The van der Waals surface area contributed by atoms with E-state index in [9.17, 15) is 9.59 Å². The van der Waals surface area contributed by atoms with Gasteiger partial charge in [0.15, 0.2) is 0 Å². The highest BCUT2D eigenvalue weighted by Gasteiger charge is 2.07. The molecule has 1 aromatic heterocycles. The molecule has 0 saturated carbocycles. The zero-order valence-corrected chi connectivity index (χ0v) is 11.2. The number of hydrogen-bond donors (Lipinski definition) is 1. The van der Waals surface area contributed by atoms with E-state index in [0.717, 1.165) is 0 Å². The summed E-state index contributed by atoms with van der Waals surface area (Å²) >= 11 is 5.76. The quantitative estimate of drug-likeness (QED) is 0.930. The van der Waals surface area contributed by atoms with Crippen LogP contribution in [0.3, 0.4) is 0 Å². The Balaban J connectivity index is 2.03. The van der Waals surface area contributed by atoms with Gasteiger partial charge in [-0.2, -0.15) is 0 Å². The number of carbonyl (C=O) groups is 1. The highest BCUT2D eigenvalue weighted by molar-refractivity contribution is 6.30. The van der Waals surface area contributed by atoms with E-state index >= 15 is 0 Å². The number of rotatable bonds is 4. The molecule has 0 spiro atoms.